The average molecular weight is 439 g/mol. The molecule has 0 saturated heterocycles. The van der Waals surface area contributed by atoms with E-state index in [0.29, 0.717) is 0 Å². The molecule has 3 aromatic heterocycles. The third kappa shape index (κ3) is 4.56. The van der Waals surface area contributed by atoms with Gasteiger partial charge >= 0.3 is 0 Å². The monoisotopic (exact) mass is 438 g/mol. The fourth-order valence-corrected chi connectivity index (χ4v) is 4.55. The summed E-state index contributed by atoms with van der Waals surface area (Å²) in [6, 6.07) is 8.24. The summed E-state index contributed by atoms with van der Waals surface area (Å²) in [5.74, 6) is 0. The Kier molecular flexibility index (Phi) is 6.64. The first-order chi connectivity index (χ1) is 15.9. The highest BCUT2D eigenvalue weighted by Crippen LogP contribution is 2.31. The topological polar surface area (TPSA) is 56.8 Å². The van der Waals surface area contributed by atoms with Crippen molar-refractivity contribution in [2.24, 2.45) is 4.99 Å². The van der Waals surface area contributed by atoms with E-state index < -0.39 is 0 Å². The first kappa shape index (κ1) is 22.8. The van der Waals surface area contributed by atoms with Crippen molar-refractivity contribution in [2.45, 2.75) is 60.8 Å². The molecule has 0 spiro atoms. The number of nitrogens with one attached hydrogen (secondary N) is 2. The van der Waals surface area contributed by atoms with Crippen molar-refractivity contribution in [3.63, 3.8) is 0 Å². The van der Waals surface area contributed by atoms with Crippen molar-refractivity contribution in [3.8, 4) is 0 Å². The predicted octanol–water partition coefficient (Wildman–Crippen LogP) is 5.45. The number of aromatic nitrogens is 3. The lowest BCUT2D eigenvalue weighted by molar-refractivity contribution is 1.06. The smallest absolute Gasteiger partial charge is 0.0693 e. The Morgan fingerprint density at radius 3 is 2.24 bits per heavy atom. The average Bonchev–Trinajstić information content (AvgIpc) is 3.44. The summed E-state index contributed by atoms with van der Waals surface area (Å²) in [5.41, 5.74) is 12.0. The Balaban J connectivity index is 1.81. The van der Waals surface area contributed by atoms with E-state index in [1.165, 1.54) is 39.2 Å². The van der Waals surface area contributed by atoms with E-state index >= 15 is 0 Å². The number of aryl methyl sites for hydroxylation is 2. The van der Waals surface area contributed by atoms with Gasteiger partial charge in [0.05, 0.1) is 17.1 Å². The van der Waals surface area contributed by atoms with Crippen molar-refractivity contribution < 1.29 is 0 Å². The second kappa shape index (κ2) is 9.62. The number of hydrogen-bond acceptors (Lipinski definition) is 2. The zero-order valence-corrected chi connectivity index (χ0v) is 20.6. The third-order valence-electron chi connectivity index (χ3n) is 6.67. The van der Waals surface area contributed by atoms with Crippen molar-refractivity contribution in [3.05, 3.63) is 91.8 Å². The first-order valence-corrected chi connectivity index (χ1v) is 12.0. The number of rotatable bonds is 6. The molecule has 0 fully saturated rings. The maximum Gasteiger partial charge on any atom is 0.0693 e. The molecule has 2 N–H and O–H groups in total. The molecule has 170 valence electrons. The molecular weight excluding hydrogens is 404 g/mol. The number of allylic oxidation sites excluding steroid dienone is 2. The van der Waals surface area contributed by atoms with Gasteiger partial charge in [-0.3, -0.25) is 4.98 Å². The summed E-state index contributed by atoms with van der Waals surface area (Å²) in [6.45, 7) is 13.1. The summed E-state index contributed by atoms with van der Waals surface area (Å²) >= 11 is 0. The molecule has 1 aliphatic rings. The molecule has 0 atom stereocenters. The molecule has 0 bridgehead atoms. The lowest BCUT2D eigenvalue weighted by atomic mass is 9.99. The lowest BCUT2D eigenvalue weighted by Crippen LogP contribution is -2.14. The van der Waals surface area contributed by atoms with Crippen LogP contribution in [0, 0.1) is 20.8 Å². The minimum Gasteiger partial charge on any atom is -0.359 e. The van der Waals surface area contributed by atoms with Gasteiger partial charge in [0.2, 0.25) is 0 Å². The summed E-state index contributed by atoms with van der Waals surface area (Å²) in [4.78, 5) is 16.7. The summed E-state index contributed by atoms with van der Waals surface area (Å²) in [7, 11) is 0. The zero-order chi connectivity index (χ0) is 23.5. The van der Waals surface area contributed by atoms with E-state index in [9.17, 15) is 0 Å². The fourth-order valence-electron chi connectivity index (χ4n) is 4.55. The molecule has 4 rings (SSSR count). The molecule has 1 aliphatic heterocycles. The van der Waals surface area contributed by atoms with E-state index in [1.807, 2.05) is 24.4 Å². The van der Waals surface area contributed by atoms with Crippen molar-refractivity contribution in [1.82, 2.24) is 15.0 Å². The molecule has 4 nitrogen and oxygen atoms in total. The summed E-state index contributed by atoms with van der Waals surface area (Å²) in [5, 5.41) is 2.25. The molecule has 0 radical (unpaired) electrons. The molecule has 0 aromatic carbocycles. The van der Waals surface area contributed by atoms with Gasteiger partial charge in [-0.1, -0.05) is 26.8 Å². The van der Waals surface area contributed by atoms with Gasteiger partial charge in [0.15, 0.2) is 0 Å². The molecule has 3 aromatic rings. The van der Waals surface area contributed by atoms with Gasteiger partial charge in [-0.25, -0.2) is 4.99 Å². The Bertz CT molecular complexity index is 1380. The van der Waals surface area contributed by atoms with Crippen molar-refractivity contribution >= 4 is 23.9 Å². The van der Waals surface area contributed by atoms with E-state index in [4.69, 9.17) is 4.99 Å². The molecular formula is C29H34N4. The maximum absolute atomic E-state index is 5.05. The third-order valence-corrected chi connectivity index (χ3v) is 6.67. The highest BCUT2D eigenvalue weighted by atomic mass is 14.8. The van der Waals surface area contributed by atoms with Gasteiger partial charge in [0.25, 0.3) is 0 Å². The number of hydrogen-bond donors (Lipinski definition) is 2. The summed E-state index contributed by atoms with van der Waals surface area (Å²) < 4.78 is 0. The minimum atomic E-state index is 0.941. The predicted molar refractivity (Wildman–Crippen MR) is 140 cm³/mol. The van der Waals surface area contributed by atoms with Crippen LogP contribution in [0.4, 0.5) is 0 Å². The molecule has 4 heteroatoms. The van der Waals surface area contributed by atoms with Crippen LogP contribution in [0.3, 0.4) is 0 Å². The highest BCUT2D eigenvalue weighted by molar-refractivity contribution is 6.23. The van der Waals surface area contributed by atoms with Gasteiger partial charge in [0.1, 0.15) is 0 Å². The molecule has 0 aliphatic carbocycles. The van der Waals surface area contributed by atoms with E-state index in [-0.39, 0.29) is 0 Å². The van der Waals surface area contributed by atoms with Crippen LogP contribution >= 0.6 is 0 Å². The van der Waals surface area contributed by atoms with Crippen LogP contribution in [0.2, 0.25) is 0 Å². The standard InChI is InChI=1S/C29H34N4/c1-7-21-14-23(16-26-19(5)18(4)20(6)31-26)32-27(21)17-29-25(9-3)24(8-2)28(33-29)15-22-12-10-11-13-30-22/h10-17,31-32H,7-9H2,1-6H3. The van der Waals surface area contributed by atoms with Crippen LogP contribution in [0.25, 0.3) is 18.2 Å². The molecule has 0 saturated carbocycles. The Morgan fingerprint density at radius 1 is 0.848 bits per heavy atom. The zero-order valence-electron chi connectivity index (χ0n) is 20.6. The SMILES string of the molecule is CCC1=C(CC)C(C=c2[nH]c(=Cc3[nH]c(C)c(C)c3C)cc2CC)=NC1=Cc1ccccn1. The normalized spacial score (nSPS) is 16.4. The largest absolute Gasteiger partial charge is 0.359 e. The van der Waals surface area contributed by atoms with Crippen LogP contribution in [0.15, 0.2) is 52.3 Å². The second-order valence-electron chi connectivity index (χ2n) is 8.66. The Morgan fingerprint density at radius 2 is 1.64 bits per heavy atom. The molecule has 0 amide bonds. The van der Waals surface area contributed by atoms with Gasteiger partial charge in [0, 0.05) is 28.3 Å². The number of nitrogens with zero attached hydrogens (tertiary/aromatic N) is 2. The van der Waals surface area contributed by atoms with Gasteiger partial charge < -0.3 is 9.97 Å². The Hall–Kier alpha value is -3.40. The number of aliphatic imine (C=N–C) groups is 1. The minimum absolute atomic E-state index is 0.941. The number of H-pyrrole nitrogens is 2. The summed E-state index contributed by atoms with van der Waals surface area (Å²) in [6.07, 6.45) is 11.2. The maximum atomic E-state index is 5.05. The van der Waals surface area contributed by atoms with Crippen molar-refractivity contribution in [1.29, 1.82) is 0 Å². The fraction of sp³-hybridized carbons (Fsp3) is 0.310. The lowest BCUT2D eigenvalue weighted by Gasteiger charge is -2.04. The molecule has 33 heavy (non-hydrogen) atoms. The van der Waals surface area contributed by atoms with Crippen LogP contribution in [-0.2, 0) is 6.42 Å². The van der Waals surface area contributed by atoms with Crippen LogP contribution in [0.1, 0.15) is 67.4 Å². The van der Waals surface area contributed by atoms with Crippen LogP contribution in [0.5, 0.6) is 0 Å². The van der Waals surface area contributed by atoms with Gasteiger partial charge in [-0.15, -0.1) is 0 Å². The van der Waals surface area contributed by atoms with Crippen LogP contribution in [-0.4, -0.2) is 20.7 Å². The molecule has 4 heterocycles. The number of aromatic amines is 2. The number of pyridine rings is 1. The highest BCUT2D eigenvalue weighted by Gasteiger charge is 2.20. The second-order valence-corrected chi connectivity index (χ2v) is 8.66. The van der Waals surface area contributed by atoms with E-state index in [1.54, 1.807) is 0 Å². The van der Waals surface area contributed by atoms with Crippen LogP contribution < -0.4 is 10.7 Å². The van der Waals surface area contributed by atoms with E-state index in [2.05, 4.69) is 80.8 Å². The Labute approximate surface area is 196 Å². The quantitative estimate of drug-likeness (QED) is 0.528. The van der Waals surface area contributed by atoms with E-state index in [0.717, 1.165) is 47.1 Å². The first-order valence-electron chi connectivity index (χ1n) is 12.0. The molecule has 0 unspecified atom stereocenters. The van der Waals surface area contributed by atoms with Gasteiger partial charge in [-0.05, 0) is 104 Å². The van der Waals surface area contributed by atoms with Crippen molar-refractivity contribution in [2.75, 3.05) is 0 Å². The van der Waals surface area contributed by atoms with Gasteiger partial charge in [-0.2, -0.15) is 0 Å².